The number of unbranched alkanes of at least 4 members (excludes halogenated alkanes) is 1. The van der Waals surface area contributed by atoms with E-state index in [1.54, 1.807) is 6.07 Å². The quantitative estimate of drug-likeness (QED) is 0.778. The zero-order chi connectivity index (χ0) is 20.1. The first kappa shape index (κ1) is 20.1. The highest BCUT2D eigenvalue weighted by molar-refractivity contribution is 5.92. The van der Waals surface area contributed by atoms with Crippen LogP contribution in [0.25, 0.3) is 0 Å². The monoisotopic (exact) mass is 381 g/mol. The van der Waals surface area contributed by atoms with Crippen LogP contribution in [0.3, 0.4) is 0 Å². The first-order valence-corrected chi connectivity index (χ1v) is 10.2. The van der Waals surface area contributed by atoms with Gasteiger partial charge in [0.25, 0.3) is 5.91 Å². The summed E-state index contributed by atoms with van der Waals surface area (Å²) >= 11 is 0. The van der Waals surface area contributed by atoms with Crippen LogP contribution in [0.5, 0.6) is 0 Å². The third-order valence-corrected chi connectivity index (χ3v) is 5.37. The van der Waals surface area contributed by atoms with Crippen molar-refractivity contribution in [3.8, 4) is 0 Å². The lowest BCUT2D eigenvalue weighted by molar-refractivity contribution is 0.0948. The molecule has 1 aromatic carbocycles. The van der Waals surface area contributed by atoms with E-state index in [9.17, 15) is 4.79 Å². The molecule has 1 fully saturated rings. The van der Waals surface area contributed by atoms with E-state index in [2.05, 4.69) is 64.1 Å². The number of carbonyl (C=O) groups is 1. The van der Waals surface area contributed by atoms with Crippen molar-refractivity contribution >= 4 is 17.5 Å². The lowest BCUT2D eigenvalue weighted by atomic mass is 10.1. The fourth-order valence-electron chi connectivity index (χ4n) is 3.51. The molecule has 1 N–H and O–H groups in total. The minimum absolute atomic E-state index is 0.116. The van der Waals surface area contributed by atoms with E-state index in [-0.39, 0.29) is 5.91 Å². The highest BCUT2D eigenvalue weighted by atomic mass is 16.1. The van der Waals surface area contributed by atoms with Crippen molar-refractivity contribution in [2.75, 3.05) is 42.5 Å². The molecule has 0 radical (unpaired) electrons. The number of aryl methyl sites for hydroxylation is 2. The number of nitrogens with one attached hydrogen (secondary N) is 1. The molecule has 1 aromatic heterocycles. The molecule has 3 rings (SSSR count). The maximum atomic E-state index is 12.4. The van der Waals surface area contributed by atoms with Crippen molar-refractivity contribution in [1.82, 2.24) is 15.3 Å². The van der Waals surface area contributed by atoms with E-state index >= 15 is 0 Å². The summed E-state index contributed by atoms with van der Waals surface area (Å²) in [6.07, 6.45) is 2.03. The summed E-state index contributed by atoms with van der Waals surface area (Å²) < 4.78 is 0. The Morgan fingerprint density at radius 3 is 2.50 bits per heavy atom. The SMILES string of the molecule is CCCCNC(=O)c1cc(C)nc(N2CCN(c3cccc(C)c3C)CC2)n1. The van der Waals surface area contributed by atoms with Gasteiger partial charge in [-0.3, -0.25) is 4.79 Å². The second-order valence-electron chi connectivity index (χ2n) is 7.50. The molecule has 0 unspecified atom stereocenters. The number of hydrogen-bond acceptors (Lipinski definition) is 5. The summed E-state index contributed by atoms with van der Waals surface area (Å²) in [6.45, 7) is 12.6. The van der Waals surface area contributed by atoms with Gasteiger partial charge in [-0.25, -0.2) is 9.97 Å². The molecule has 28 heavy (non-hydrogen) atoms. The minimum atomic E-state index is -0.116. The van der Waals surface area contributed by atoms with Gasteiger partial charge in [-0.1, -0.05) is 25.5 Å². The molecule has 2 aromatic rings. The maximum absolute atomic E-state index is 12.4. The number of anilines is 2. The maximum Gasteiger partial charge on any atom is 0.270 e. The largest absolute Gasteiger partial charge is 0.368 e. The molecule has 1 aliphatic heterocycles. The molecule has 0 spiro atoms. The van der Waals surface area contributed by atoms with Crippen molar-refractivity contribution in [1.29, 1.82) is 0 Å². The van der Waals surface area contributed by atoms with Crippen LogP contribution in [-0.2, 0) is 0 Å². The van der Waals surface area contributed by atoms with E-state index in [0.717, 1.165) is 44.7 Å². The standard InChI is InChI=1S/C22H31N5O/c1-5-6-10-23-21(28)19-15-17(3)24-22(25-19)27-13-11-26(12-14-27)20-9-7-8-16(2)18(20)4/h7-9,15H,5-6,10-14H2,1-4H3,(H,23,28). The third-order valence-electron chi connectivity index (χ3n) is 5.37. The van der Waals surface area contributed by atoms with Crippen molar-refractivity contribution in [3.63, 3.8) is 0 Å². The van der Waals surface area contributed by atoms with Gasteiger partial charge >= 0.3 is 0 Å². The second kappa shape index (κ2) is 9.04. The fraction of sp³-hybridized carbons (Fsp3) is 0.500. The van der Waals surface area contributed by atoms with E-state index in [1.165, 1.54) is 16.8 Å². The number of carbonyl (C=O) groups excluding carboxylic acids is 1. The third kappa shape index (κ3) is 4.61. The summed E-state index contributed by atoms with van der Waals surface area (Å²) in [5.74, 6) is 0.537. The summed E-state index contributed by atoms with van der Waals surface area (Å²) in [4.78, 5) is 26.1. The Bertz CT molecular complexity index is 828. The van der Waals surface area contributed by atoms with Gasteiger partial charge in [-0.2, -0.15) is 0 Å². The highest BCUT2D eigenvalue weighted by Crippen LogP contribution is 2.24. The molecule has 150 valence electrons. The lowest BCUT2D eigenvalue weighted by Gasteiger charge is -2.37. The summed E-state index contributed by atoms with van der Waals surface area (Å²) in [5, 5.41) is 2.94. The number of amides is 1. The summed E-state index contributed by atoms with van der Waals surface area (Å²) in [6, 6.07) is 8.23. The molecule has 1 amide bonds. The molecular weight excluding hydrogens is 350 g/mol. The van der Waals surface area contributed by atoms with Crippen molar-refractivity contribution in [3.05, 3.63) is 46.8 Å². The predicted molar refractivity (Wildman–Crippen MR) is 114 cm³/mol. The van der Waals surface area contributed by atoms with E-state index in [4.69, 9.17) is 0 Å². The molecule has 2 heterocycles. The molecule has 0 bridgehead atoms. The Kier molecular flexibility index (Phi) is 6.49. The zero-order valence-corrected chi connectivity index (χ0v) is 17.5. The first-order valence-electron chi connectivity index (χ1n) is 10.2. The van der Waals surface area contributed by atoms with Crippen molar-refractivity contribution in [2.45, 2.75) is 40.5 Å². The van der Waals surface area contributed by atoms with Crippen LogP contribution in [-0.4, -0.2) is 48.6 Å². The summed E-state index contributed by atoms with van der Waals surface area (Å²) in [7, 11) is 0. The van der Waals surface area contributed by atoms with Gasteiger partial charge in [0, 0.05) is 44.1 Å². The first-order chi connectivity index (χ1) is 13.5. The Morgan fingerprint density at radius 2 is 1.79 bits per heavy atom. The number of rotatable bonds is 6. The Morgan fingerprint density at radius 1 is 1.07 bits per heavy atom. The van der Waals surface area contributed by atoms with Crippen LogP contribution in [0.15, 0.2) is 24.3 Å². The smallest absolute Gasteiger partial charge is 0.270 e. The van der Waals surface area contributed by atoms with Crippen LogP contribution in [0, 0.1) is 20.8 Å². The van der Waals surface area contributed by atoms with Crippen LogP contribution in [0.2, 0.25) is 0 Å². The van der Waals surface area contributed by atoms with Gasteiger partial charge in [0.1, 0.15) is 5.69 Å². The van der Waals surface area contributed by atoms with E-state index in [1.807, 2.05) is 6.92 Å². The van der Waals surface area contributed by atoms with Crippen LogP contribution in [0.4, 0.5) is 11.6 Å². The normalized spacial score (nSPS) is 14.3. The summed E-state index contributed by atoms with van der Waals surface area (Å²) in [5.41, 5.74) is 5.24. The Labute approximate surface area is 168 Å². The number of benzene rings is 1. The Balaban J connectivity index is 1.68. The van der Waals surface area contributed by atoms with Gasteiger partial charge in [-0.05, 0) is 50.5 Å². The fourth-order valence-corrected chi connectivity index (χ4v) is 3.51. The van der Waals surface area contributed by atoms with Crippen LogP contribution < -0.4 is 15.1 Å². The van der Waals surface area contributed by atoms with Crippen LogP contribution >= 0.6 is 0 Å². The molecule has 6 nitrogen and oxygen atoms in total. The van der Waals surface area contributed by atoms with E-state index < -0.39 is 0 Å². The second-order valence-corrected chi connectivity index (χ2v) is 7.50. The van der Waals surface area contributed by atoms with E-state index in [0.29, 0.717) is 18.2 Å². The van der Waals surface area contributed by atoms with Gasteiger partial charge in [-0.15, -0.1) is 0 Å². The van der Waals surface area contributed by atoms with Crippen molar-refractivity contribution < 1.29 is 4.79 Å². The lowest BCUT2D eigenvalue weighted by Crippen LogP contribution is -2.47. The average Bonchev–Trinajstić information content (AvgIpc) is 2.70. The van der Waals surface area contributed by atoms with Gasteiger partial charge in [0.15, 0.2) is 0 Å². The number of nitrogens with zero attached hydrogens (tertiary/aromatic N) is 4. The molecule has 0 aliphatic carbocycles. The zero-order valence-electron chi connectivity index (χ0n) is 17.5. The number of aromatic nitrogens is 2. The molecule has 6 heteroatoms. The number of hydrogen-bond donors (Lipinski definition) is 1. The number of piperazine rings is 1. The van der Waals surface area contributed by atoms with Gasteiger partial charge in [0.05, 0.1) is 0 Å². The minimum Gasteiger partial charge on any atom is -0.368 e. The van der Waals surface area contributed by atoms with Crippen LogP contribution in [0.1, 0.15) is 47.1 Å². The average molecular weight is 382 g/mol. The predicted octanol–water partition coefficient (Wildman–Crippen LogP) is 3.26. The van der Waals surface area contributed by atoms with Crippen molar-refractivity contribution in [2.24, 2.45) is 0 Å². The highest BCUT2D eigenvalue weighted by Gasteiger charge is 2.22. The molecule has 0 atom stereocenters. The van der Waals surface area contributed by atoms with Gasteiger partial charge < -0.3 is 15.1 Å². The Hall–Kier alpha value is -2.63. The molecule has 1 aliphatic rings. The molecule has 1 saturated heterocycles. The van der Waals surface area contributed by atoms with Gasteiger partial charge in [0.2, 0.25) is 5.95 Å². The topological polar surface area (TPSA) is 61.4 Å². The molecule has 0 saturated carbocycles. The molecular formula is C22H31N5O.